The zero-order valence-corrected chi connectivity index (χ0v) is 20.8. The van der Waals surface area contributed by atoms with Crippen LogP contribution < -0.4 is 10.6 Å². The van der Waals surface area contributed by atoms with E-state index in [-0.39, 0.29) is 29.7 Å². The predicted octanol–water partition coefficient (Wildman–Crippen LogP) is 4.43. The number of carbonyl (C=O) groups is 3. The van der Waals surface area contributed by atoms with Crippen LogP contribution in [0.15, 0.2) is 60.0 Å². The third-order valence-corrected chi connectivity index (χ3v) is 6.96. The van der Waals surface area contributed by atoms with E-state index in [1.165, 1.54) is 18.3 Å². The number of thiazole rings is 1. The molecule has 7 nitrogen and oxygen atoms in total. The van der Waals surface area contributed by atoms with Crippen molar-refractivity contribution in [2.75, 3.05) is 18.4 Å². The first-order valence-electron chi connectivity index (χ1n) is 11.8. The molecule has 0 radical (unpaired) electrons. The standard InChI is InChI=1S/C27H30N4O3S/c1-18(28-19(2)32)21-10-12-22(13-11-21)24-17-35-27(29-24)30-26(34)23-9-6-14-31(16-23)25(33)15-20-7-4-3-5-8-20/h3-5,7-8,10-13,17-18,23H,6,9,14-16H2,1-2H3,(H,28,32)(H,29,30,34). The predicted molar refractivity (Wildman–Crippen MR) is 138 cm³/mol. The van der Waals surface area contributed by atoms with Gasteiger partial charge < -0.3 is 15.5 Å². The number of piperidine rings is 1. The van der Waals surface area contributed by atoms with Crippen LogP contribution in [-0.2, 0) is 20.8 Å². The minimum Gasteiger partial charge on any atom is -0.350 e. The maximum absolute atomic E-state index is 12.9. The molecule has 0 saturated carbocycles. The van der Waals surface area contributed by atoms with E-state index < -0.39 is 0 Å². The lowest BCUT2D eigenvalue weighted by molar-refractivity contribution is -0.134. The zero-order chi connectivity index (χ0) is 24.8. The molecule has 1 saturated heterocycles. The maximum atomic E-state index is 12.9. The Kier molecular flexibility index (Phi) is 7.92. The number of amides is 3. The summed E-state index contributed by atoms with van der Waals surface area (Å²) in [5.74, 6) is -0.349. The largest absolute Gasteiger partial charge is 0.350 e. The number of benzene rings is 2. The molecule has 1 aromatic heterocycles. The number of nitrogens with one attached hydrogen (secondary N) is 2. The van der Waals surface area contributed by atoms with Crippen molar-refractivity contribution in [3.05, 3.63) is 71.1 Å². The van der Waals surface area contributed by atoms with Gasteiger partial charge in [-0.3, -0.25) is 14.4 Å². The van der Waals surface area contributed by atoms with E-state index in [9.17, 15) is 14.4 Å². The quantitative estimate of drug-likeness (QED) is 0.513. The van der Waals surface area contributed by atoms with Crippen LogP contribution in [0.1, 0.15) is 43.9 Å². The van der Waals surface area contributed by atoms with Crippen molar-refractivity contribution < 1.29 is 14.4 Å². The minimum atomic E-state index is -0.245. The molecule has 0 aliphatic carbocycles. The zero-order valence-electron chi connectivity index (χ0n) is 20.0. The average molecular weight is 491 g/mol. The first-order chi connectivity index (χ1) is 16.9. The molecule has 1 aliphatic rings. The summed E-state index contributed by atoms with van der Waals surface area (Å²) in [5, 5.41) is 8.28. The smallest absolute Gasteiger partial charge is 0.231 e. The van der Waals surface area contributed by atoms with Crippen molar-refractivity contribution in [3.63, 3.8) is 0 Å². The lowest BCUT2D eigenvalue weighted by Gasteiger charge is -2.32. The molecule has 2 heterocycles. The number of likely N-dealkylation sites (tertiary alicyclic amines) is 1. The first-order valence-corrected chi connectivity index (χ1v) is 12.7. The summed E-state index contributed by atoms with van der Waals surface area (Å²) in [6.07, 6.45) is 1.92. The number of nitrogens with zero attached hydrogens (tertiary/aromatic N) is 2. The molecule has 3 amide bonds. The van der Waals surface area contributed by atoms with Gasteiger partial charge in [-0.25, -0.2) is 4.98 Å². The van der Waals surface area contributed by atoms with E-state index in [4.69, 9.17) is 0 Å². The molecule has 35 heavy (non-hydrogen) atoms. The summed E-state index contributed by atoms with van der Waals surface area (Å²) in [7, 11) is 0. The number of carbonyl (C=O) groups excluding carboxylic acids is 3. The third-order valence-electron chi connectivity index (χ3n) is 6.20. The Morgan fingerprint density at radius 2 is 1.86 bits per heavy atom. The molecule has 0 spiro atoms. The molecule has 4 rings (SSSR count). The van der Waals surface area contributed by atoms with Crippen molar-refractivity contribution in [2.45, 2.75) is 39.2 Å². The fourth-order valence-corrected chi connectivity index (χ4v) is 5.02. The Labute approximate surface area is 209 Å². The molecular formula is C27H30N4O3S. The average Bonchev–Trinajstić information content (AvgIpc) is 3.33. The Morgan fingerprint density at radius 1 is 1.11 bits per heavy atom. The van der Waals surface area contributed by atoms with Crippen LogP contribution >= 0.6 is 11.3 Å². The van der Waals surface area contributed by atoms with Crippen LogP contribution in [0.2, 0.25) is 0 Å². The SMILES string of the molecule is CC(=O)NC(C)c1ccc(-c2csc(NC(=O)C3CCCN(C(=O)Cc4ccccc4)C3)n2)cc1. The Balaban J connectivity index is 1.33. The summed E-state index contributed by atoms with van der Waals surface area (Å²) in [5.41, 5.74) is 3.72. The Morgan fingerprint density at radius 3 is 2.57 bits per heavy atom. The van der Waals surface area contributed by atoms with Crippen molar-refractivity contribution >= 4 is 34.2 Å². The molecule has 3 aromatic rings. The topological polar surface area (TPSA) is 91.4 Å². The van der Waals surface area contributed by atoms with Gasteiger partial charge in [-0.15, -0.1) is 11.3 Å². The van der Waals surface area contributed by atoms with Gasteiger partial charge in [0, 0.05) is 31.0 Å². The summed E-state index contributed by atoms with van der Waals surface area (Å²) in [4.78, 5) is 43.3. The normalized spacial score (nSPS) is 16.4. The Bertz CT molecular complexity index is 1180. The summed E-state index contributed by atoms with van der Waals surface area (Å²) in [6.45, 7) is 4.56. The highest BCUT2D eigenvalue weighted by Crippen LogP contribution is 2.27. The maximum Gasteiger partial charge on any atom is 0.231 e. The second-order valence-electron chi connectivity index (χ2n) is 8.91. The number of aromatic nitrogens is 1. The van der Waals surface area contributed by atoms with Crippen molar-refractivity contribution in [1.82, 2.24) is 15.2 Å². The number of anilines is 1. The van der Waals surface area contributed by atoms with Gasteiger partial charge in [0.2, 0.25) is 17.7 Å². The molecule has 1 aliphatic heterocycles. The van der Waals surface area contributed by atoms with Gasteiger partial charge in [0.1, 0.15) is 0 Å². The van der Waals surface area contributed by atoms with Crippen LogP contribution in [0.4, 0.5) is 5.13 Å². The lowest BCUT2D eigenvalue weighted by atomic mass is 9.96. The van der Waals surface area contributed by atoms with Crippen LogP contribution in [0.5, 0.6) is 0 Å². The van der Waals surface area contributed by atoms with Gasteiger partial charge in [0.15, 0.2) is 5.13 Å². The van der Waals surface area contributed by atoms with Crippen molar-refractivity contribution in [2.24, 2.45) is 5.92 Å². The van der Waals surface area contributed by atoms with E-state index in [0.717, 1.165) is 35.2 Å². The minimum absolute atomic E-state index is 0.0569. The highest BCUT2D eigenvalue weighted by atomic mass is 32.1. The van der Waals surface area contributed by atoms with Gasteiger partial charge in [-0.05, 0) is 30.9 Å². The third kappa shape index (κ3) is 6.54. The fourth-order valence-electron chi connectivity index (χ4n) is 4.30. The molecule has 2 N–H and O–H groups in total. The fraction of sp³-hybridized carbons (Fsp3) is 0.333. The van der Waals surface area contributed by atoms with Crippen LogP contribution in [0.25, 0.3) is 11.3 Å². The molecule has 182 valence electrons. The number of hydrogen-bond donors (Lipinski definition) is 2. The summed E-state index contributed by atoms with van der Waals surface area (Å²) < 4.78 is 0. The highest BCUT2D eigenvalue weighted by molar-refractivity contribution is 7.14. The van der Waals surface area contributed by atoms with Crippen LogP contribution in [-0.4, -0.2) is 40.7 Å². The summed E-state index contributed by atoms with van der Waals surface area (Å²) >= 11 is 1.38. The van der Waals surface area contributed by atoms with Crippen molar-refractivity contribution in [3.8, 4) is 11.3 Å². The molecular weight excluding hydrogens is 460 g/mol. The van der Waals surface area contributed by atoms with E-state index in [1.807, 2.05) is 66.9 Å². The van der Waals surface area contributed by atoms with Gasteiger partial charge >= 0.3 is 0 Å². The molecule has 2 aromatic carbocycles. The molecule has 0 bridgehead atoms. The van der Waals surface area contributed by atoms with E-state index in [1.54, 1.807) is 4.90 Å². The monoisotopic (exact) mass is 490 g/mol. The first kappa shape index (κ1) is 24.6. The number of rotatable bonds is 7. The second kappa shape index (κ2) is 11.3. The van der Waals surface area contributed by atoms with E-state index in [0.29, 0.717) is 24.6 Å². The molecule has 2 unspecified atom stereocenters. The van der Waals surface area contributed by atoms with Gasteiger partial charge in [0.05, 0.1) is 24.1 Å². The van der Waals surface area contributed by atoms with Crippen molar-refractivity contribution in [1.29, 1.82) is 0 Å². The van der Waals surface area contributed by atoms with Gasteiger partial charge in [-0.1, -0.05) is 54.6 Å². The second-order valence-corrected chi connectivity index (χ2v) is 9.77. The molecule has 1 fully saturated rings. The number of hydrogen-bond acceptors (Lipinski definition) is 5. The van der Waals surface area contributed by atoms with E-state index >= 15 is 0 Å². The molecule has 2 atom stereocenters. The van der Waals surface area contributed by atoms with E-state index in [2.05, 4.69) is 15.6 Å². The van der Waals surface area contributed by atoms with Gasteiger partial charge in [-0.2, -0.15) is 0 Å². The van der Waals surface area contributed by atoms with Gasteiger partial charge in [0.25, 0.3) is 0 Å². The summed E-state index contributed by atoms with van der Waals surface area (Å²) in [6, 6.07) is 17.5. The van der Waals surface area contributed by atoms with Crippen LogP contribution in [0, 0.1) is 5.92 Å². The lowest BCUT2D eigenvalue weighted by Crippen LogP contribution is -2.44. The van der Waals surface area contributed by atoms with Crippen LogP contribution in [0.3, 0.4) is 0 Å². The highest BCUT2D eigenvalue weighted by Gasteiger charge is 2.29. The molecule has 8 heteroatoms. The Hall–Kier alpha value is -3.52.